The Morgan fingerprint density at radius 1 is 0.700 bits per heavy atom. The molecule has 0 aliphatic rings. The van der Waals surface area contributed by atoms with E-state index in [2.05, 4.69) is 14.8 Å². The molecule has 0 saturated carbocycles. The van der Waals surface area contributed by atoms with Gasteiger partial charge in [-0.25, -0.2) is 16.8 Å². The molecule has 0 atom stereocenters. The number of anilines is 3. The average molecular weight is 446 g/mol. The highest BCUT2D eigenvalue weighted by molar-refractivity contribution is 7.92. The SMILES string of the molecule is CS(=O)(=O)Nc1cccc(C(=O)Nc2ccc(S(=O)(=O)Nc3ccccc3)cc2)c1. The molecule has 0 spiro atoms. The Labute approximate surface area is 175 Å². The van der Waals surface area contributed by atoms with Crippen LogP contribution in [0.1, 0.15) is 10.4 Å². The topological polar surface area (TPSA) is 121 Å². The van der Waals surface area contributed by atoms with E-state index in [4.69, 9.17) is 0 Å². The molecule has 0 aliphatic heterocycles. The fraction of sp³-hybridized carbons (Fsp3) is 0.0500. The molecule has 0 radical (unpaired) electrons. The third-order valence-corrected chi connectivity index (χ3v) is 5.88. The molecule has 3 aromatic rings. The van der Waals surface area contributed by atoms with Crippen molar-refractivity contribution in [2.45, 2.75) is 4.90 Å². The molecule has 0 unspecified atom stereocenters. The standard InChI is InChI=1S/C20H19N3O5S2/c1-29(25,26)22-18-9-5-6-15(14-18)20(24)21-16-10-12-19(13-11-16)30(27,28)23-17-7-3-2-4-8-17/h2-14,22-23H,1H3,(H,21,24). The van der Waals surface area contributed by atoms with Crippen molar-refractivity contribution < 1.29 is 21.6 Å². The lowest BCUT2D eigenvalue weighted by molar-refractivity contribution is 0.102. The van der Waals surface area contributed by atoms with E-state index in [1.807, 2.05) is 0 Å². The van der Waals surface area contributed by atoms with Gasteiger partial charge in [-0.15, -0.1) is 0 Å². The first-order valence-electron chi connectivity index (χ1n) is 8.69. The van der Waals surface area contributed by atoms with Crippen LogP contribution in [0.15, 0.2) is 83.8 Å². The number of carbonyl (C=O) groups excluding carboxylic acids is 1. The van der Waals surface area contributed by atoms with E-state index in [9.17, 15) is 21.6 Å². The number of hydrogen-bond donors (Lipinski definition) is 3. The summed E-state index contributed by atoms with van der Waals surface area (Å²) in [4.78, 5) is 12.5. The Hall–Kier alpha value is -3.37. The maximum Gasteiger partial charge on any atom is 0.261 e. The van der Waals surface area contributed by atoms with Gasteiger partial charge in [0, 0.05) is 22.6 Å². The van der Waals surface area contributed by atoms with Gasteiger partial charge in [0.15, 0.2) is 0 Å². The lowest BCUT2D eigenvalue weighted by atomic mass is 10.2. The van der Waals surface area contributed by atoms with Gasteiger partial charge in [0.1, 0.15) is 0 Å². The van der Waals surface area contributed by atoms with Crippen molar-refractivity contribution in [3.63, 3.8) is 0 Å². The Morgan fingerprint density at radius 2 is 1.33 bits per heavy atom. The van der Waals surface area contributed by atoms with Gasteiger partial charge in [-0.05, 0) is 54.6 Å². The molecule has 3 N–H and O–H groups in total. The second-order valence-electron chi connectivity index (χ2n) is 6.41. The van der Waals surface area contributed by atoms with Crippen molar-refractivity contribution in [3.05, 3.63) is 84.4 Å². The predicted molar refractivity (Wildman–Crippen MR) is 117 cm³/mol. The molecule has 0 aromatic heterocycles. The molecule has 30 heavy (non-hydrogen) atoms. The minimum atomic E-state index is -3.76. The highest BCUT2D eigenvalue weighted by atomic mass is 32.2. The van der Waals surface area contributed by atoms with Crippen LogP contribution in [0.3, 0.4) is 0 Å². The van der Waals surface area contributed by atoms with Crippen molar-refractivity contribution in [2.24, 2.45) is 0 Å². The molecule has 3 aromatic carbocycles. The Balaban J connectivity index is 1.71. The van der Waals surface area contributed by atoms with E-state index in [0.29, 0.717) is 11.4 Å². The first kappa shape index (κ1) is 21.3. The number of rotatable bonds is 7. The van der Waals surface area contributed by atoms with E-state index in [-0.39, 0.29) is 16.1 Å². The summed E-state index contributed by atoms with van der Waals surface area (Å²) >= 11 is 0. The summed E-state index contributed by atoms with van der Waals surface area (Å²) in [7, 11) is -7.23. The molecular weight excluding hydrogens is 426 g/mol. The van der Waals surface area contributed by atoms with Crippen LogP contribution in [-0.4, -0.2) is 29.0 Å². The fourth-order valence-corrected chi connectivity index (χ4v) is 4.19. The van der Waals surface area contributed by atoms with Crippen LogP contribution >= 0.6 is 0 Å². The van der Waals surface area contributed by atoms with Crippen LogP contribution in [-0.2, 0) is 20.0 Å². The number of sulfonamides is 2. The molecule has 0 fully saturated rings. The van der Waals surface area contributed by atoms with Crippen LogP contribution in [0, 0.1) is 0 Å². The summed E-state index contributed by atoms with van der Waals surface area (Å²) in [6.45, 7) is 0. The summed E-state index contributed by atoms with van der Waals surface area (Å²) in [6, 6.07) is 20.2. The zero-order valence-electron chi connectivity index (χ0n) is 15.9. The molecule has 0 bridgehead atoms. The van der Waals surface area contributed by atoms with Crippen molar-refractivity contribution in [1.82, 2.24) is 0 Å². The van der Waals surface area contributed by atoms with Crippen molar-refractivity contribution in [3.8, 4) is 0 Å². The first-order valence-corrected chi connectivity index (χ1v) is 12.1. The summed E-state index contributed by atoms with van der Waals surface area (Å²) in [5, 5.41) is 2.65. The van der Waals surface area contributed by atoms with Crippen LogP contribution in [0.5, 0.6) is 0 Å². The summed E-state index contributed by atoms with van der Waals surface area (Å²) in [5.74, 6) is -0.467. The van der Waals surface area contributed by atoms with Crippen molar-refractivity contribution in [2.75, 3.05) is 21.0 Å². The van der Waals surface area contributed by atoms with E-state index >= 15 is 0 Å². The molecule has 156 valence electrons. The molecule has 8 nitrogen and oxygen atoms in total. The van der Waals surface area contributed by atoms with Crippen LogP contribution in [0.2, 0.25) is 0 Å². The Kier molecular flexibility index (Phi) is 6.09. The highest BCUT2D eigenvalue weighted by Crippen LogP contribution is 2.19. The number of hydrogen-bond acceptors (Lipinski definition) is 5. The lowest BCUT2D eigenvalue weighted by Crippen LogP contribution is -2.15. The average Bonchev–Trinajstić information content (AvgIpc) is 2.68. The van der Waals surface area contributed by atoms with Crippen LogP contribution in [0.25, 0.3) is 0 Å². The minimum Gasteiger partial charge on any atom is -0.322 e. The van der Waals surface area contributed by atoms with Crippen LogP contribution < -0.4 is 14.8 Å². The van der Waals surface area contributed by atoms with Crippen molar-refractivity contribution in [1.29, 1.82) is 0 Å². The van der Waals surface area contributed by atoms with Gasteiger partial charge in [0.25, 0.3) is 15.9 Å². The van der Waals surface area contributed by atoms with Gasteiger partial charge in [-0.1, -0.05) is 24.3 Å². The molecule has 3 rings (SSSR count). The van der Waals surface area contributed by atoms with Gasteiger partial charge >= 0.3 is 0 Å². The number of nitrogens with one attached hydrogen (secondary N) is 3. The summed E-state index contributed by atoms with van der Waals surface area (Å²) in [5.41, 5.74) is 1.34. The normalized spacial score (nSPS) is 11.5. The second kappa shape index (κ2) is 8.56. The van der Waals surface area contributed by atoms with E-state index in [1.165, 1.54) is 42.5 Å². The number of amides is 1. The van der Waals surface area contributed by atoms with Gasteiger partial charge in [0.2, 0.25) is 10.0 Å². The van der Waals surface area contributed by atoms with Gasteiger partial charge in [-0.2, -0.15) is 0 Å². The first-order chi connectivity index (χ1) is 14.1. The maximum atomic E-state index is 12.5. The molecular formula is C20H19N3O5S2. The second-order valence-corrected chi connectivity index (χ2v) is 9.84. The Morgan fingerprint density at radius 3 is 1.97 bits per heavy atom. The third-order valence-electron chi connectivity index (χ3n) is 3.88. The quantitative estimate of drug-likeness (QED) is 0.516. The minimum absolute atomic E-state index is 0.0451. The summed E-state index contributed by atoms with van der Waals surface area (Å²) in [6.07, 6.45) is 1.02. The largest absolute Gasteiger partial charge is 0.322 e. The highest BCUT2D eigenvalue weighted by Gasteiger charge is 2.15. The molecule has 1 amide bonds. The number of carbonyl (C=O) groups is 1. The fourth-order valence-electron chi connectivity index (χ4n) is 2.58. The lowest BCUT2D eigenvalue weighted by Gasteiger charge is -2.10. The van der Waals surface area contributed by atoms with E-state index in [1.54, 1.807) is 36.4 Å². The van der Waals surface area contributed by atoms with Gasteiger partial charge in [0.05, 0.1) is 11.2 Å². The zero-order chi connectivity index (χ0) is 21.8. The van der Waals surface area contributed by atoms with Gasteiger partial charge < -0.3 is 5.32 Å². The van der Waals surface area contributed by atoms with E-state index in [0.717, 1.165) is 6.26 Å². The predicted octanol–water partition coefficient (Wildman–Crippen LogP) is 3.11. The maximum absolute atomic E-state index is 12.5. The van der Waals surface area contributed by atoms with Crippen molar-refractivity contribution >= 4 is 43.0 Å². The number of benzene rings is 3. The van der Waals surface area contributed by atoms with E-state index < -0.39 is 26.0 Å². The number of para-hydroxylation sites is 1. The monoisotopic (exact) mass is 445 g/mol. The Bertz CT molecular complexity index is 1260. The van der Waals surface area contributed by atoms with Crippen LogP contribution in [0.4, 0.5) is 17.1 Å². The zero-order valence-corrected chi connectivity index (χ0v) is 17.5. The third kappa shape index (κ3) is 5.82. The smallest absolute Gasteiger partial charge is 0.261 e. The van der Waals surface area contributed by atoms with Gasteiger partial charge in [-0.3, -0.25) is 14.2 Å². The summed E-state index contributed by atoms with van der Waals surface area (Å²) < 4.78 is 52.4. The molecule has 0 aliphatic carbocycles. The molecule has 0 heterocycles. The molecule has 0 saturated heterocycles. The molecule has 10 heteroatoms.